The van der Waals surface area contributed by atoms with Crippen molar-refractivity contribution >= 4 is 27.7 Å². The minimum absolute atomic E-state index is 0.279. The van der Waals surface area contributed by atoms with E-state index in [9.17, 15) is 5.11 Å². The van der Waals surface area contributed by atoms with Crippen LogP contribution in [-0.4, -0.2) is 47.3 Å². The molecule has 4 heteroatoms. The fourth-order valence-electron chi connectivity index (χ4n) is 2.14. The molecule has 1 aliphatic heterocycles. The van der Waals surface area contributed by atoms with E-state index in [0.717, 1.165) is 23.2 Å². The molecule has 0 bridgehead atoms. The molecule has 1 aromatic carbocycles. The van der Waals surface area contributed by atoms with E-state index in [1.54, 1.807) is 0 Å². The minimum Gasteiger partial charge on any atom is -0.391 e. The Hall–Kier alpha value is -0.0300. The van der Waals surface area contributed by atoms with Crippen LogP contribution in [0.25, 0.3) is 0 Å². The maximum Gasteiger partial charge on any atom is 0.0743 e. The van der Waals surface area contributed by atoms with Crippen molar-refractivity contribution in [1.29, 1.82) is 0 Å². The van der Waals surface area contributed by atoms with Crippen LogP contribution in [0.4, 0.5) is 0 Å². The molecule has 2 nitrogen and oxygen atoms in total. The van der Waals surface area contributed by atoms with Crippen LogP contribution in [0, 0.1) is 0 Å². The van der Waals surface area contributed by atoms with Crippen molar-refractivity contribution in [1.82, 2.24) is 4.90 Å². The molecule has 1 heterocycles. The lowest BCUT2D eigenvalue weighted by Crippen LogP contribution is -2.47. The van der Waals surface area contributed by atoms with Crippen LogP contribution >= 0.6 is 27.7 Å². The summed E-state index contributed by atoms with van der Waals surface area (Å²) in [5, 5.41) is 10.3. The number of benzene rings is 1. The lowest BCUT2D eigenvalue weighted by molar-refractivity contribution is 0.0762. The van der Waals surface area contributed by atoms with Crippen LogP contribution in [-0.2, 0) is 6.42 Å². The number of aliphatic hydroxyl groups excluding tert-OH is 1. The molecule has 0 radical (unpaired) electrons. The highest BCUT2D eigenvalue weighted by Gasteiger charge is 2.26. The van der Waals surface area contributed by atoms with Crippen molar-refractivity contribution in [2.24, 2.45) is 0 Å². The minimum atomic E-state index is -0.286. The molecular formula is C13H18BrNOS. The first-order valence-corrected chi connectivity index (χ1v) is 7.82. The molecule has 0 spiro atoms. The van der Waals surface area contributed by atoms with Crippen LogP contribution in [0.15, 0.2) is 28.7 Å². The number of thioether (sulfide) groups is 1. The number of likely N-dealkylation sites (N-methyl/N-ethyl adjacent to an activating group) is 1. The summed E-state index contributed by atoms with van der Waals surface area (Å²) in [6.45, 7) is 1.07. The quantitative estimate of drug-likeness (QED) is 0.926. The number of aliphatic hydroxyl groups is 1. The number of halogens is 1. The summed E-state index contributed by atoms with van der Waals surface area (Å²) >= 11 is 5.47. The van der Waals surface area contributed by atoms with Gasteiger partial charge in [-0.25, -0.2) is 0 Å². The smallest absolute Gasteiger partial charge is 0.0743 e. The van der Waals surface area contributed by atoms with Gasteiger partial charge in [-0.2, -0.15) is 11.8 Å². The first-order valence-electron chi connectivity index (χ1n) is 5.88. The van der Waals surface area contributed by atoms with Gasteiger partial charge in [-0.15, -0.1) is 0 Å². The number of hydrogen-bond donors (Lipinski definition) is 1. The lowest BCUT2D eigenvalue weighted by Gasteiger charge is -2.35. The Balaban J connectivity index is 2.01. The molecule has 2 unspecified atom stereocenters. The Morgan fingerprint density at radius 2 is 2.29 bits per heavy atom. The van der Waals surface area contributed by atoms with Crippen LogP contribution in [0.2, 0.25) is 0 Å². The number of nitrogens with zero attached hydrogens (tertiary/aromatic N) is 1. The molecule has 2 atom stereocenters. The molecule has 1 N–H and O–H groups in total. The normalized spacial score (nSPS) is 23.6. The first-order chi connectivity index (χ1) is 8.18. The summed E-state index contributed by atoms with van der Waals surface area (Å²) in [7, 11) is 2.10. The monoisotopic (exact) mass is 315 g/mol. The Morgan fingerprint density at radius 1 is 1.53 bits per heavy atom. The second kappa shape index (κ2) is 6.23. The van der Waals surface area contributed by atoms with Gasteiger partial charge in [0, 0.05) is 35.0 Å². The average molecular weight is 316 g/mol. The van der Waals surface area contributed by atoms with E-state index in [0.29, 0.717) is 0 Å². The van der Waals surface area contributed by atoms with E-state index in [4.69, 9.17) is 0 Å². The van der Waals surface area contributed by atoms with Gasteiger partial charge in [0.05, 0.1) is 6.10 Å². The molecule has 0 aliphatic carbocycles. The molecule has 1 aliphatic rings. The third-order valence-corrected chi connectivity index (χ3v) is 5.10. The molecule has 1 saturated heterocycles. The summed E-state index contributed by atoms with van der Waals surface area (Å²) in [6, 6.07) is 8.40. The highest BCUT2D eigenvalue weighted by atomic mass is 79.9. The zero-order valence-corrected chi connectivity index (χ0v) is 12.4. The van der Waals surface area contributed by atoms with Crippen LogP contribution in [0.1, 0.15) is 5.56 Å². The largest absolute Gasteiger partial charge is 0.391 e. The van der Waals surface area contributed by atoms with Gasteiger partial charge in [-0.1, -0.05) is 34.1 Å². The summed E-state index contributed by atoms with van der Waals surface area (Å²) in [4.78, 5) is 2.28. The molecule has 0 amide bonds. The standard InChI is InChI=1S/C13H18BrNOS/c1-15-6-7-17-9-12(15)13(16)8-10-4-2-3-5-11(10)14/h2-5,12-13,16H,6-9H2,1H3. The molecule has 0 saturated carbocycles. The number of hydrogen-bond acceptors (Lipinski definition) is 3. The lowest BCUT2D eigenvalue weighted by atomic mass is 10.0. The predicted octanol–water partition coefficient (Wildman–Crippen LogP) is 2.40. The van der Waals surface area contributed by atoms with Gasteiger partial charge < -0.3 is 5.11 Å². The van der Waals surface area contributed by atoms with Crippen molar-refractivity contribution in [3.05, 3.63) is 34.3 Å². The predicted molar refractivity (Wildman–Crippen MR) is 77.6 cm³/mol. The fraction of sp³-hybridized carbons (Fsp3) is 0.538. The topological polar surface area (TPSA) is 23.5 Å². The molecule has 0 aromatic heterocycles. The molecule has 1 fully saturated rings. The Kier molecular flexibility index (Phi) is 4.91. The van der Waals surface area contributed by atoms with E-state index in [1.165, 1.54) is 11.3 Å². The summed E-state index contributed by atoms with van der Waals surface area (Å²) in [5.41, 5.74) is 1.18. The number of rotatable bonds is 3. The van der Waals surface area contributed by atoms with Gasteiger partial charge in [0.2, 0.25) is 0 Å². The van der Waals surface area contributed by atoms with E-state index in [1.807, 2.05) is 30.0 Å². The molecule has 2 rings (SSSR count). The average Bonchev–Trinajstić information content (AvgIpc) is 2.32. The third kappa shape index (κ3) is 3.47. The van der Waals surface area contributed by atoms with Crippen molar-refractivity contribution in [3.63, 3.8) is 0 Å². The van der Waals surface area contributed by atoms with E-state index < -0.39 is 0 Å². The van der Waals surface area contributed by atoms with Gasteiger partial charge in [0.25, 0.3) is 0 Å². The second-order valence-corrected chi connectivity index (χ2v) is 6.49. The Labute approximate surface area is 116 Å². The summed E-state index contributed by atoms with van der Waals surface area (Å²) in [6.07, 6.45) is 0.434. The van der Waals surface area contributed by atoms with Crippen LogP contribution in [0.3, 0.4) is 0 Å². The second-order valence-electron chi connectivity index (χ2n) is 4.49. The summed E-state index contributed by atoms with van der Waals surface area (Å²) < 4.78 is 1.09. The van der Waals surface area contributed by atoms with Gasteiger partial charge in [-0.05, 0) is 18.7 Å². The highest BCUT2D eigenvalue weighted by molar-refractivity contribution is 9.10. The Morgan fingerprint density at radius 3 is 3.00 bits per heavy atom. The van der Waals surface area contributed by atoms with E-state index in [-0.39, 0.29) is 12.1 Å². The third-order valence-electron chi connectivity index (χ3n) is 3.27. The SMILES string of the molecule is CN1CCSCC1C(O)Cc1ccccc1Br. The van der Waals surface area contributed by atoms with Crippen molar-refractivity contribution in [2.45, 2.75) is 18.6 Å². The van der Waals surface area contributed by atoms with E-state index in [2.05, 4.69) is 33.9 Å². The summed E-state index contributed by atoms with van der Waals surface area (Å²) in [5.74, 6) is 2.21. The van der Waals surface area contributed by atoms with Crippen molar-refractivity contribution in [3.8, 4) is 0 Å². The molecule has 17 heavy (non-hydrogen) atoms. The zero-order chi connectivity index (χ0) is 12.3. The first kappa shape index (κ1) is 13.4. The van der Waals surface area contributed by atoms with Crippen LogP contribution in [0.5, 0.6) is 0 Å². The maximum atomic E-state index is 10.3. The van der Waals surface area contributed by atoms with Gasteiger partial charge in [0.15, 0.2) is 0 Å². The van der Waals surface area contributed by atoms with E-state index >= 15 is 0 Å². The van der Waals surface area contributed by atoms with Gasteiger partial charge in [0.1, 0.15) is 0 Å². The maximum absolute atomic E-state index is 10.3. The Bertz CT molecular complexity index is 374. The fourth-order valence-corrected chi connectivity index (χ4v) is 3.88. The molecule has 94 valence electrons. The zero-order valence-electron chi connectivity index (χ0n) is 9.97. The molecular weight excluding hydrogens is 298 g/mol. The highest BCUT2D eigenvalue weighted by Crippen LogP contribution is 2.22. The van der Waals surface area contributed by atoms with Crippen LogP contribution < -0.4 is 0 Å². The van der Waals surface area contributed by atoms with Gasteiger partial charge >= 0.3 is 0 Å². The van der Waals surface area contributed by atoms with Crippen molar-refractivity contribution in [2.75, 3.05) is 25.1 Å². The van der Waals surface area contributed by atoms with Gasteiger partial charge in [-0.3, -0.25) is 4.90 Å². The molecule has 1 aromatic rings. The van der Waals surface area contributed by atoms with Crippen molar-refractivity contribution < 1.29 is 5.11 Å².